The van der Waals surface area contributed by atoms with Gasteiger partial charge in [-0.05, 0) is 25.1 Å². The summed E-state index contributed by atoms with van der Waals surface area (Å²) >= 11 is 5.92. The molecule has 0 aromatic carbocycles. The Bertz CT molecular complexity index is 1450. The summed E-state index contributed by atoms with van der Waals surface area (Å²) in [4.78, 5) is 12.5. The predicted octanol–water partition coefficient (Wildman–Crippen LogP) is 2.46. The molecular formula is C21H24ClN9O4S. The summed E-state index contributed by atoms with van der Waals surface area (Å²) < 4.78 is 43.3. The summed E-state index contributed by atoms with van der Waals surface area (Å²) in [6, 6.07) is 5.06. The summed E-state index contributed by atoms with van der Waals surface area (Å²) in [5.74, 6) is -0.127. The molecule has 4 rings (SSSR count). The number of aromatic nitrogens is 8. The SMILES string of the molecule is COc1ncnc(OC)c1-n1c(NS(=O)(=O)[C@@H](C)[C@H](C)c2ccc(Cl)cn2)nnc1-c1ccn(C)n1. The smallest absolute Gasteiger partial charge is 0.245 e. The van der Waals surface area contributed by atoms with E-state index in [1.54, 1.807) is 50.0 Å². The van der Waals surface area contributed by atoms with Gasteiger partial charge in [0.1, 0.15) is 12.0 Å². The molecule has 4 heterocycles. The Morgan fingerprint density at radius 3 is 2.28 bits per heavy atom. The highest BCUT2D eigenvalue weighted by molar-refractivity contribution is 7.93. The van der Waals surface area contributed by atoms with Gasteiger partial charge in [0.2, 0.25) is 27.7 Å². The summed E-state index contributed by atoms with van der Waals surface area (Å²) in [6.45, 7) is 3.34. The van der Waals surface area contributed by atoms with Crippen LogP contribution in [0.5, 0.6) is 11.8 Å². The molecule has 4 aromatic heterocycles. The van der Waals surface area contributed by atoms with E-state index < -0.39 is 21.2 Å². The number of hydrogen-bond donors (Lipinski definition) is 1. The lowest BCUT2D eigenvalue weighted by Crippen LogP contribution is -2.31. The average Bonchev–Trinajstić information content (AvgIpc) is 3.48. The molecular weight excluding hydrogens is 510 g/mol. The number of rotatable bonds is 9. The van der Waals surface area contributed by atoms with Crippen LogP contribution in [-0.2, 0) is 17.1 Å². The first kappa shape index (κ1) is 25.3. The molecule has 0 aliphatic carbocycles. The van der Waals surface area contributed by atoms with Crippen LogP contribution in [-0.4, -0.2) is 67.4 Å². The Morgan fingerprint density at radius 2 is 1.72 bits per heavy atom. The first-order valence-electron chi connectivity index (χ1n) is 10.7. The van der Waals surface area contributed by atoms with Gasteiger partial charge in [-0.25, -0.2) is 13.0 Å². The minimum Gasteiger partial charge on any atom is -0.479 e. The molecule has 0 bridgehead atoms. The molecule has 2 atom stereocenters. The number of halogens is 1. The van der Waals surface area contributed by atoms with Gasteiger partial charge in [-0.15, -0.1) is 10.2 Å². The van der Waals surface area contributed by atoms with Crippen molar-refractivity contribution in [2.45, 2.75) is 25.0 Å². The molecule has 0 amide bonds. The number of nitrogens with zero attached hydrogens (tertiary/aromatic N) is 8. The molecule has 0 saturated heterocycles. The van der Waals surface area contributed by atoms with E-state index in [2.05, 4.69) is 35.0 Å². The normalized spacial score (nSPS) is 13.3. The maximum Gasteiger partial charge on any atom is 0.245 e. The van der Waals surface area contributed by atoms with Crippen LogP contribution in [0, 0.1) is 0 Å². The monoisotopic (exact) mass is 533 g/mol. The van der Waals surface area contributed by atoms with E-state index in [4.69, 9.17) is 21.1 Å². The highest BCUT2D eigenvalue weighted by atomic mass is 35.5. The molecule has 0 saturated carbocycles. The fourth-order valence-corrected chi connectivity index (χ4v) is 4.85. The van der Waals surface area contributed by atoms with Crippen LogP contribution < -0.4 is 14.2 Å². The fraction of sp³-hybridized carbons (Fsp3) is 0.333. The van der Waals surface area contributed by atoms with Crippen molar-refractivity contribution in [1.82, 2.24) is 39.5 Å². The van der Waals surface area contributed by atoms with Crippen molar-refractivity contribution in [2.24, 2.45) is 7.05 Å². The van der Waals surface area contributed by atoms with Gasteiger partial charge in [-0.3, -0.25) is 14.4 Å². The van der Waals surface area contributed by atoms with Crippen LogP contribution >= 0.6 is 11.6 Å². The number of ether oxygens (including phenoxy) is 2. The van der Waals surface area contributed by atoms with Gasteiger partial charge >= 0.3 is 0 Å². The van der Waals surface area contributed by atoms with Crippen molar-refractivity contribution in [3.05, 3.63) is 47.6 Å². The highest BCUT2D eigenvalue weighted by Gasteiger charge is 2.32. The molecule has 1 N–H and O–H groups in total. The van der Waals surface area contributed by atoms with E-state index in [1.165, 1.54) is 31.3 Å². The second kappa shape index (κ2) is 10.1. The van der Waals surface area contributed by atoms with Gasteiger partial charge in [0.15, 0.2) is 11.5 Å². The Kier molecular flexibility index (Phi) is 7.08. The molecule has 4 aromatic rings. The van der Waals surface area contributed by atoms with Crippen LogP contribution in [0.25, 0.3) is 17.2 Å². The Balaban J connectivity index is 1.81. The van der Waals surface area contributed by atoms with E-state index >= 15 is 0 Å². The molecule has 190 valence electrons. The third-order valence-corrected chi connectivity index (χ3v) is 7.69. The second-order valence-corrected chi connectivity index (χ2v) is 10.3. The molecule has 0 radical (unpaired) electrons. The van der Waals surface area contributed by atoms with Gasteiger partial charge in [0.25, 0.3) is 0 Å². The third kappa shape index (κ3) is 4.81. The maximum absolute atomic E-state index is 13.5. The summed E-state index contributed by atoms with van der Waals surface area (Å²) in [5, 5.41) is 12.2. The van der Waals surface area contributed by atoms with Gasteiger partial charge in [0, 0.05) is 31.1 Å². The Labute approximate surface area is 212 Å². The third-order valence-electron chi connectivity index (χ3n) is 5.62. The first-order chi connectivity index (χ1) is 17.2. The zero-order valence-corrected chi connectivity index (χ0v) is 21.7. The molecule has 13 nitrogen and oxygen atoms in total. The lowest BCUT2D eigenvalue weighted by atomic mass is 10.0. The van der Waals surface area contributed by atoms with E-state index in [1.807, 2.05) is 0 Å². The molecule has 0 spiro atoms. The van der Waals surface area contributed by atoms with Gasteiger partial charge < -0.3 is 9.47 Å². The van der Waals surface area contributed by atoms with Crippen LogP contribution in [0.4, 0.5) is 5.95 Å². The first-order valence-corrected chi connectivity index (χ1v) is 12.6. The predicted molar refractivity (Wildman–Crippen MR) is 132 cm³/mol. The second-order valence-electron chi connectivity index (χ2n) is 7.84. The van der Waals surface area contributed by atoms with Crippen molar-refractivity contribution in [1.29, 1.82) is 0 Å². The molecule has 0 fully saturated rings. The average molecular weight is 534 g/mol. The fourth-order valence-electron chi connectivity index (χ4n) is 3.49. The minimum absolute atomic E-state index is 0.117. The topological polar surface area (TPSA) is 152 Å². The van der Waals surface area contributed by atoms with E-state index in [-0.39, 0.29) is 29.2 Å². The van der Waals surface area contributed by atoms with Gasteiger partial charge in [-0.2, -0.15) is 15.1 Å². The van der Waals surface area contributed by atoms with Crippen molar-refractivity contribution in [2.75, 3.05) is 18.9 Å². The lowest BCUT2D eigenvalue weighted by Gasteiger charge is -2.21. The van der Waals surface area contributed by atoms with Crippen LogP contribution in [0.1, 0.15) is 25.5 Å². The van der Waals surface area contributed by atoms with E-state index in [9.17, 15) is 8.42 Å². The van der Waals surface area contributed by atoms with Gasteiger partial charge in [0.05, 0.1) is 24.5 Å². The van der Waals surface area contributed by atoms with Crippen molar-refractivity contribution in [3.63, 3.8) is 0 Å². The zero-order chi connectivity index (χ0) is 26.0. The minimum atomic E-state index is -4.00. The summed E-state index contributed by atoms with van der Waals surface area (Å²) in [6.07, 6.45) is 4.46. The maximum atomic E-state index is 13.5. The number of sulfonamides is 1. The molecule has 36 heavy (non-hydrogen) atoms. The van der Waals surface area contributed by atoms with Crippen LogP contribution in [0.15, 0.2) is 36.9 Å². The summed E-state index contributed by atoms with van der Waals surface area (Å²) in [5.41, 5.74) is 1.20. The lowest BCUT2D eigenvalue weighted by molar-refractivity contribution is 0.368. The highest BCUT2D eigenvalue weighted by Crippen LogP contribution is 2.35. The van der Waals surface area contributed by atoms with E-state index in [0.29, 0.717) is 16.4 Å². The van der Waals surface area contributed by atoms with Crippen molar-refractivity contribution < 1.29 is 17.9 Å². The molecule has 15 heteroatoms. The number of anilines is 1. The molecule has 0 unspecified atom stereocenters. The summed E-state index contributed by atoms with van der Waals surface area (Å²) in [7, 11) is 0.585. The van der Waals surface area contributed by atoms with Crippen molar-refractivity contribution in [3.8, 4) is 29.0 Å². The number of methoxy groups -OCH3 is 2. The number of pyridine rings is 1. The van der Waals surface area contributed by atoms with Gasteiger partial charge in [-0.1, -0.05) is 18.5 Å². The standard InChI is InChI=1S/C21H24ClN9O4S/c1-12(15-7-6-14(22)10-23-15)13(2)36(32,33)29-21-27-26-18(16-8-9-30(3)28-16)31(21)17-19(34-4)24-11-25-20(17)35-5/h6-13H,1-5H3,(H,27,29)/t12-,13-/m0/s1. The Hall–Kier alpha value is -3.78. The van der Waals surface area contributed by atoms with Crippen molar-refractivity contribution >= 4 is 27.6 Å². The van der Waals surface area contributed by atoms with E-state index in [0.717, 1.165) is 0 Å². The zero-order valence-electron chi connectivity index (χ0n) is 20.1. The van der Waals surface area contributed by atoms with Crippen LogP contribution in [0.2, 0.25) is 5.02 Å². The number of nitrogens with one attached hydrogen (secondary N) is 1. The molecule has 0 aliphatic rings. The number of aryl methyl sites for hydroxylation is 1. The van der Waals surface area contributed by atoms with Crippen LogP contribution in [0.3, 0.4) is 0 Å². The quantitative estimate of drug-likeness (QED) is 0.339. The largest absolute Gasteiger partial charge is 0.479 e. The number of hydrogen-bond acceptors (Lipinski definition) is 10. The Morgan fingerprint density at radius 1 is 1.03 bits per heavy atom. The molecule has 0 aliphatic heterocycles.